The van der Waals surface area contributed by atoms with E-state index in [1.165, 1.54) is 0 Å². The Morgan fingerprint density at radius 1 is 1.58 bits per heavy atom. The Morgan fingerprint density at radius 3 is 2.95 bits per heavy atom. The molecule has 0 unspecified atom stereocenters. The van der Waals surface area contributed by atoms with Crippen molar-refractivity contribution in [1.29, 1.82) is 0 Å². The van der Waals surface area contributed by atoms with Gasteiger partial charge in [0.15, 0.2) is 0 Å². The van der Waals surface area contributed by atoms with E-state index in [1.807, 2.05) is 24.8 Å². The average Bonchev–Trinajstić information content (AvgIpc) is 2.58. The van der Waals surface area contributed by atoms with Gasteiger partial charge >= 0.3 is 6.03 Å². The first kappa shape index (κ1) is 12.4. The third-order valence-electron chi connectivity index (χ3n) is 4.47. The minimum Gasteiger partial charge on any atom is -0.323 e. The van der Waals surface area contributed by atoms with Crippen LogP contribution in [0.2, 0.25) is 0 Å². The average molecular weight is 260 g/mol. The zero-order valence-corrected chi connectivity index (χ0v) is 11.4. The molecule has 2 atom stereocenters. The number of rotatable bonds is 1. The van der Waals surface area contributed by atoms with Gasteiger partial charge in [0.1, 0.15) is 0 Å². The molecule has 0 radical (unpaired) electrons. The third kappa shape index (κ3) is 2.08. The third-order valence-corrected chi connectivity index (χ3v) is 4.47. The van der Waals surface area contributed by atoms with Crippen LogP contribution in [-0.4, -0.2) is 34.5 Å². The Balaban J connectivity index is 1.70. The lowest BCUT2D eigenvalue weighted by molar-refractivity contribution is 0.188. The molecule has 1 aliphatic heterocycles. The Bertz CT molecular complexity index is 530. The second-order valence-corrected chi connectivity index (χ2v) is 5.92. The maximum atomic E-state index is 12.3. The molecule has 19 heavy (non-hydrogen) atoms. The van der Waals surface area contributed by atoms with Crippen LogP contribution in [0.15, 0.2) is 12.3 Å². The lowest BCUT2D eigenvalue weighted by atomic mass is 9.70. The molecule has 2 aliphatic rings. The van der Waals surface area contributed by atoms with Crippen LogP contribution in [0.4, 0.5) is 10.5 Å². The van der Waals surface area contributed by atoms with Crippen molar-refractivity contribution in [2.45, 2.75) is 32.2 Å². The molecular weight excluding hydrogens is 240 g/mol. The number of hydrogen-bond acceptors (Lipinski definition) is 3. The van der Waals surface area contributed by atoms with Crippen molar-refractivity contribution in [2.75, 3.05) is 18.4 Å². The van der Waals surface area contributed by atoms with Crippen LogP contribution < -0.4 is 11.1 Å². The highest BCUT2D eigenvalue weighted by Gasteiger charge is 2.51. The second kappa shape index (κ2) is 4.20. The van der Waals surface area contributed by atoms with Crippen molar-refractivity contribution in [3.05, 3.63) is 23.5 Å². The fourth-order valence-corrected chi connectivity index (χ4v) is 3.00. The van der Waals surface area contributed by atoms with Gasteiger partial charge in [-0.25, -0.2) is 4.79 Å². The molecule has 0 bridgehead atoms. The Kier molecular flexibility index (Phi) is 2.74. The van der Waals surface area contributed by atoms with Gasteiger partial charge in [-0.05, 0) is 44.2 Å². The van der Waals surface area contributed by atoms with Crippen molar-refractivity contribution in [3.8, 4) is 0 Å². The highest BCUT2D eigenvalue weighted by molar-refractivity contribution is 5.90. The molecule has 1 aromatic rings. The number of aromatic nitrogens is 1. The number of aryl methyl sites for hydroxylation is 2. The van der Waals surface area contributed by atoms with Crippen LogP contribution in [0.3, 0.4) is 0 Å². The normalized spacial score (nSPS) is 28.8. The molecule has 1 saturated heterocycles. The summed E-state index contributed by atoms with van der Waals surface area (Å²) in [6, 6.07) is 1.85. The molecule has 5 nitrogen and oxygen atoms in total. The molecule has 1 aromatic heterocycles. The first-order chi connectivity index (χ1) is 8.98. The second-order valence-electron chi connectivity index (χ2n) is 5.92. The SMILES string of the molecule is Cc1cc(NC(=O)N2C[C@@H]3CC[C@]3(N)C2)c(C)cn1. The summed E-state index contributed by atoms with van der Waals surface area (Å²) in [6.07, 6.45) is 3.96. The molecule has 2 amide bonds. The first-order valence-electron chi connectivity index (χ1n) is 6.76. The maximum absolute atomic E-state index is 12.3. The van der Waals surface area contributed by atoms with Crippen LogP contribution >= 0.6 is 0 Å². The van der Waals surface area contributed by atoms with E-state index in [9.17, 15) is 4.79 Å². The number of fused-ring (bicyclic) bond motifs is 1. The number of urea groups is 1. The standard InChI is InChI=1S/C14H20N4O/c1-9-6-16-10(2)5-12(9)17-13(19)18-7-11-3-4-14(11,15)8-18/h5-6,11H,3-4,7-8,15H2,1-2H3,(H,16,17,19)/t11-,14-/m0/s1. The van der Waals surface area contributed by atoms with Gasteiger partial charge in [0, 0.05) is 36.2 Å². The van der Waals surface area contributed by atoms with Crippen molar-refractivity contribution in [3.63, 3.8) is 0 Å². The topological polar surface area (TPSA) is 71.2 Å². The van der Waals surface area contributed by atoms with Crippen LogP contribution in [0.5, 0.6) is 0 Å². The summed E-state index contributed by atoms with van der Waals surface area (Å²) in [5, 5.41) is 2.97. The monoisotopic (exact) mass is 260 g/mol. The molecule has 102 valence electrons. The number of hydrogen-bond donors (Lipinski definition) is 2. The minimum absolute atomic E-state index is 0.0482. The number of carbonyl (C=O) groups is 1. The first-order valence-corrected chi connectivity index (χ1v) is 6.76. The summed E-state index contributed by atoms with van der Waals surface area (Å²) >= 11 is 0. The smallest absolute Gasteiger partial charge is 0.321 e. The van der Waals surface area contributed by atoms with Gasteiger partial charge in [0.25, 0.3) is 0 Å². The van der Waals surface area contributed by atoms with Gasteiger partial charge in [-0.15, -0.1) is 0 Å². The molecule has 1 saturated carbocycles. The predicted octanol–water partition coefficient (Wildman–Crippen LogP) is 1.65. The number of nitrogens with zero attached hydrogens (tertiary/aromatic N) is 2. The lowest BCUT2D eigenvalue weighted by Crippen LogP contribution is -2.54. The largest absolute Gasteiger partial charge is 0.323 e. The van der Waals surface area contributed by atoms with E-state index in [0.717, 1.165) is 36.3 Å². The van der Waals surface area contributed by atoms with Crippen LogP contribution in [-0.2, 0) is 0 Å². The number of pyridine rings is 1. The van der Waals surface area contributed by atoms with E-state index in [4.69, 9.17) is 5.73 Å². The van der Waals surface area contributed by atoms with E-state index >= 15 is 0 Å². The summed E-state index contributed by atoms with van der Waals surface area (Å²) in [4.78, 5) is 18.3. The quantitative estimate of drug-likeness (QED) is 0.806. The van der Waals surface area contributed by atoms with E-state index in [1.54, 1.807) is 6.20 Å². The van der Waals surface area contributed by atoms with E-state index < -0.39 is 0 Å². The van der Waals surface area contributed by atoms with Gasteiger partial charge in [-0.2, -0.15) is 0 Å². The van der Waals surface area contributed by atoms with Crippen LogP contribution in [0.1, 0.15) is 24.1 Å². The van der Waals surface area contributed by atoms with Crippen molar-refractivity contribution < 1.29 is 4.79 Å². The van der Waals surface area contributed by atoms with Crippen molar-refractivity contribution in [1.82, 2.24) is 9.88 Å². The Labute approximate surface area is 113 Å². The summed E-state index contributed by atoms with van der Waals surface area (Å²) in [7, 11) is 0. The molecule has 3 N–H and O–H groups in total. The van der Waals surface area contributed by atoms with Gasteiger partial charge < -0.3 is 16.0 Å². The molecule has 5 heteroatoms. The highest BCUT2D eigenvalue weighted by Crippen LogP contribution is 2.42. The molecule has 0 aromatic carbocycles. The Morgan fingerprint density at radius 2 is 2.37 bits per heavy atom. The fraction of sp³-hybridized carbons (Fsp3) is 0.571. The van der Waals surface area contributed by atoms with Gasteiger partial charge in [0.2, 0.25) is 0 Å². The van der Waals surface area contributed by atoms with Crippen LogP contribution in [0, 0.1) is 19.8 Å². The number of anilines is 1. The van der Waals surface area contributed by atoms with E-state index in [0.29, 0.717) is 12.5 Å². The van der Waals surface area contributed by atoms with Crippen molar-refractivity contribution in [2.24, 2.45) is 11.7 Å². The maximum Gasteiger partial charge on any atom is 0.321 e. The minimum atomic E-state index is -0.124. The van der Waals surface area contributed by atoms with E-state index in [-0.39, 0.29) is 11.6 Å². The van der Waals surface area contributed by atoms with Gasteiger partial charge in [0.05, 0.1) is 0 Å². The summed E-state index contributed by atoms with van der Waals surface area (Å²) in [6.45, 7) is 5.32. The van der Waals surface area contributed by atoms with Gasteiger partial charge in [-0.3, -0.25) is 4.98 Å². The summed E-state index contributed by atoms with van der Waals surface area (Å²) in [5.74, 6) is 0.485. The number of nitrogens with one attached hydrogen (secondary N) is 1. The van der Waals surface area contributed by atoms with Crippen molar-refractivity contribution >= 4 is 11.7 Å². The predicted molar refractivity (Wildman–Crippen MR) is 73.9 cm³/mol. The number of amides is 2. The lowest BCUT2D eigenvalue weighted by Gasteiger charge is -2.39. The molecule has 1 aliphatic carbocycles. The molecule has 2 fully saturated rings. The number of nitrogens with two attached hydrogens (primary N) is 1. The Hall–Kier alpha value is -1.62. The van der Waals surface area contributed by atoms with Gasteiger partial charge in [-0.1, -0.05) is 0 Å². The highest BCUT2D eigenvalue weighted by atomic mass is 16.2. The molecule has 0 spiro atoms. The number of carbonyl (C=O) groups excluding carboxylic acids is 1. The van der Waals surface area contributed by atoms with Crippen LogP contribution in [0.25, 0.3) is 0 Å². The molecule has 2 heterocycles. The summed E-state index contributed by atoms with van der Waals surface area (Å²) in [5.41, 5.74) is 8.84. The molecule has 3 rings (SSSR count). The summed E-state index contributed by atoms with van der Waals surface area (Å²) < 4.78 is 0. The molecular formula is C14H20N4O. The van der Waals surface area contributed by atoms with E-state index in [2.05, 4.69) is 10.3 Å². The zero-order chi connectivity index (χ0) is 13.6. The fourth-order valence-electron chi connectivity index (χ4n) is 3.00. The zero-order valence-electron chi connectivity index (χ0n) is 11.4. The number of likely N-dealkylation sites (tertiary alicyclic amines) is 1.